The van der Waals surface area contributed by atoms with Gasteiger partial charge in [0.15, 0.2) is 5.96 Å². The van der Waals surface area contributed by atoms with Crippen molar-refractivity contribution in [3.63, 3.8) is 0 Å². The number of thiophene rings is 1. The minimum atomic E-state index is -3.38. The summed E-state index contributed by atoms with van der Waals surface area (Å²) in [5.41, 5.74) is 0. The van der Waals surface area contributed by atoms with Crippen LogP contribution in [0.1, 0.15) is 0 Å². The van der Waals surface area contributed by atoms with Gasteiger partial charge in [-0.1, -0.05) is 6.07 Å². The lowest BCUT2D eigenvalue weighted by molar-refractivity contribution is 0.582. The molecule has 0 aliphatic rings. The van der Waals surface area contributed by atoms with Crippen LogP contribution in [0.15, 0.2) is 26.7 Å². The number of hydrogen-bond donors (Lipinski definition) is 3. The molecule has 0 unspecified atom stereocenters. The number of aliphatic imine (C=N–C) groups is 1. The van der Waals surface area contributed by atoms with Crippen LogP contribution < -0.4 is 15.4 Å². The van der Waals surface area contributed by atoms with Crippen LogP contribution in [0.5, 0.6) is 0 Å². The molecule has 1 aromatic rings. The van der Waals surface area contributed by atoms with Gasteiger partial charge in [0.2, 0.25) is 10.0 Å². The van der Waals surface area contributed by atoms with E-state index in [1.54, 1.807) is 36.3 Å². The summed E-state index contributed by atoms with van der Waals surface area (Å²) >= 11 is 2.95. The van der Waals surface area contributed by atoms with Crippen molar-refractivity contribution in [3.05, 3.63) is 17.5 Å². The maximum Gasteiger partial charge on any atom is 0.250 e. The summed E-state index contributed by atoms with van der Waals surface area (Å²) in [7, 11) is -1.69. The Kier molecular flexibility index (Phi) is 11.5. The number of nitrogens with zero attached hydrogens (tertiary/aromatic N) is 1. The van der Waals surface area contributed by atoms with Crippen molar-refractivity contribution >= 4 is 63.1 Å². The van der Waals surface area contributed by atoms with Crippen molar-refractivity contribution < 1.29 is 8.42 Å². The average molecular weight is 464 g/mol. The number of guanidine groups is 1. The van der Waals surface area contributed by atoms with Crippen LogP contribution in [0.3, 0.4) is 0 Å². The fraction of sp³-hybridized carbons (Fsp3) is 0.545. The first-order chi connectivity index (χ1) is 9.60. The molecule has 0 aliphatic carbocycles. The van der Waals surface area contributed by atoms with Gasteiger partial charge in [0.25, 0.3) is 0 Å². The second-order valence-electron chi connectivity index (χ2n) is 3.75. The van der Waals surface area contributed by atoms with E-state index in [1.165, 1.54) is 11.3 Å². The average Bonchev–Trinajstić information content (AvgIpc) is 2.96. The van der Waals surface area contributed by atoms with E-state index in [9.17, 15) is 8.42 Å². The summed E-state index contributed by atoms with van der Waals surface area (Å²) in [6.45, 7) is 1.61. The van der Waals surface area contributed by atoms with Crippen LogP contribution in [0.4, 0.5) is 0 Å². The third-order valence-corrected chi connectivity index (χ3v) is 5.76. The number of halogens is 1. The van der Waals surface area contributed by atoms with E-state index in [2.05, 4.69) is 20.3 Å². The number of hydrogen-bond acceptors (Lipinski definition) is 5. The van der Waals surface area contributed by atoms with E-state index in [4.69, 9.17) is 0 Å². The molecule has 0 radical (unpaired) electrons. The van der Waals surface area contributed by atoms with Gasteiger partial charge in [-0.2, -0.15) is 11.8 Å². The molecule has 0 atom stereocenters. The Morgan fingerprint density at radius 1 is 1.33 bits per heavy atom. The van der Waals surface area contributed by atoms with Crippen LogP contribution in [0.25, 0.3) is 0 Å². The van der Waals surface area contributed by atoms with Gasteiger partial charge in [-0.15, -0.1) is 35.3 Å². The Labute approximate surface area is 151 Å². The SMILES string of the molecule is CN=C(NCCNS(=O)(=O)c1cccs1)NCCSC.I. The quantitative estimate of drug-likeness (QED) is 0.233. The van der Waals surface area contributed by atoms with Gasteiger partial charge in [-0.3, -0.25) is 4.99 Å². The Bertz CT molecular complexity index is 506. The minimum absolute atomic E-state index is 0. The molecule has 6 nitrogen and oxygen atoms in total. The molecule has 1 heterocycles. The lowest BCUT2D eigenvalue weighted by Crippen LogP contribution is -2.42. The highest BCUT2D eigenvalue weighted by Gasteiger charge is 2.13. The zero-order valence-electron chi connectivity index (χ0n) is 12.0. The van der Waals surface area contributed by atoms with Gasteiger partial charge in [0, 0.05) is 32.4 Å². The molecule has 3 N–H and O–H groups in total. The van der Waals surface area contributed by atoms with Gasteiger partial charge in [0.05, 0.1) is 0 Å². The normalized spacial score (nSPS) is 11.8. The predicted molar refractivity (Wildman–Crippen MR) is 103 cm³/mol. The second-order valence-corrected chi connectivity index (χ2v) is 7.68. The standard InChI is InChI=1S/C11H20N4O2S3.HI/c1-12-11(14-7-9-18-2)13-5-6-15-20(16,17)10-4-3-8-19-10;/h3-4,8,15H,5-7,9H2,1-2H3,(H2,12,13,14);1H. The minimum Gasteiger partial charge on any atom is -0.356 e. The van der Waals surface area contributed by atoms with E-state index in [-0.39, 0.29) is 24.0 Å². The molecule has 0 bridgehead atoms. The molecule has 21 heavy (non-hydrogen) atoms. The molecule has 0 fully saturated rings. The Morgan fingerprint density at radius 2 is 2.05 bits per heavy atom. The van der Waals surface area contributed by atoms with Crippen molar-refractivity contribution in [2.45, 2.75) is 4.21 Å². The van der Waals surface area contributed by atoms with Gasteiger partial charge >= 0.3 is 0 Å². The molecule has 0 saturated heterocycles. The zero-order chi connectivity index (χ0) is 14.8. The van der Waals surface area contributed by atoms with E-state index in [0.717, 1.165) is 12.3 Å². The zero-order valence-corrected chi connectivity index (χ0v) is 16.7. The summed E-state index contributed by atoms with van der Waals surface area (Å²) in [5.74, 6) is 1.67. The molecule has 0 spiro atoms. The van der Waals surface area contributed by atoms with E-state index in [0.29, 0.717) is 23.3 Å². The highest BCUT2D eigenvalue weighted by Crippen LogP contribution is 2.14. The highest BCUT2D eigenvalue weighted by atomic mass is 127. The van der Waals surface area contributed by atoms with Crippen LogP contribution in [0.2, 0.25) is 0 Å². The molecule has 10 heteroatoms. The molecule has 1 aromatic heterocycles. The Hall–Kier alpha value is -0.0400. The van der Waals surface area contributed by atoms with Crippen LogP contribution >= 0.6 is 47.1 Å². The van der Waals surface area contributed by atoms with E-state index >= 15 is 0 Å². The monoisotopic (exact) mass is 464 g/mol. The van der Waals surface area contributed by atoms with Crippen molar-refractivity contribution in [2.24, 2.45) is 4.99 Å². The lowest BCUT2D eigenvalue weighted by Gasteiger charge is -2.11. The molecular formula is C11H21IN4O2S3. The first kappa shape index (κ1) is 21.0. The maximum absolute atomic E-state index is 11.8. The summed E-state index contributed by atoms with van der Waals surface area (Å²) in [5, 5.41) is 7.93. The number of thioether (sulfide) groups is 1. The molecule has 0 amide bonds. The topological polar surface area (TPSA) is 82.6 Å². The van der Waals surface area contributed by atoms with Crippen molar-refractivity contribution in [3.8, 4) is 0 Å². The van der Waals surface area contributed by atoms with Crippen LogP contribution in [-0.2, 0) is 10.0 Å². The van der Waals surface area contributed by atoms with E-state index in [1.807, 2.05) is 6.26 Å². The molecule has 1 rings (SSSR count). The second kappa shape index (κ2) is 11.5. The third kappa shape index (κ3) is 8.24. The Morgan fingerprint density at radius 3 is 2.62 bits per heavy atom. The first-order valence-electron chi connectivity index (χ1n) is 6.07. The number of rotatable bonds is 8. The van der Waals surface area contributed by atoms with Gasteiger partial charge in [-0.25, -0.2) is 13.1 Å². The Balaban J connectivity index is 0.00000400. The van der Waals surface area contributed by atoms with Crippen molar-refractivity contribution in [2.75, 3.05) is 38.7 Å². The highest BCUT2D eigenvalue weighted by molar-refractivity contribution is 14.0. The van der Waals surface area contributed by atoms with Crippen molar-refractivity contribution in [1.29, 1.82) is 0 Å². The third-order valence-electron chi connectivity index (χ3n) is 2.29. The summed E-state index contributed by atoms with van der Waals surface area (Å²) in [6, 6.07) is 3.30. The lowest BCUT2D eigenvalue weighted by atomic mass is 10.6. The van der Waals surface area contributed by atoms with E-state index < -0.39 is 10.0 Å². The fourth-order valence-corrected chi connectivity index (χ4v) is 3.72. The summed E-state index contributed by atoms with van der Waals surface area (Å²) in [4.78, 5) is 4.05. The van der Waals surface area contributed by atoms with Crippen LogP contribution in [-0.4, -0.2) is 53.1 Å². The molecular weight excluding hydrogens is 443 g/mol. The molecule has 0 aliphatic heterocycles. The van der Waals surface area contributed by atoms with Crippen molar-refractivity contribution in [1.82, 2.24) is 15.4 Å². The van der Waals surface area contributed by atoms with Gasteiger partial charge in [-0.05, 0) is 17.7 Å². The van der Waals surface area contributed by atoms with Crippen LogP contribution in [0, 0.1) is 0 Å². The fourth-order valence-electron chi connectivity index (χ4n) is 1.35. The van der Waals surface area contributed by atoms with Gasteiger partial charge in [0.1, 0.15) is 4.21 Å². The molecule has 0 saturated carbocycles. The molecule has 122 valence electrons. The van der Waals surface area contributed by atoms with Gasteiger partial charge < -0.3 is 10.6 Å². The number of sulfonamides is 1. The maximum atomic E-state index is 11.8. The largest absolute Gasteiger partial charge is 0.356 e. The smallest absolute Gasteiger partial charge is 0.250 e. The predicted octanol–water partition coefficient (Wildman–Crippen LogP) is 1.17. The number of nitrogens with one attached hydrogen (secondary N) is 3. The molecule has 0 aromatic carbocycles. The summed E-state index contributed by atoms with van der Waals surface area (Å²) < 4.78 is 26.6. The summed E-state index contributed by atoms with van der Waals surface area (Å²) in [6.07, 6.45) is 2.04. The first-order valence-corrected chi connectivity index (χ1v) is 9.82.